The van der Waals surface area contributed by atoms with Crippen molar-refractivity contribution in [1.82, 2.24) is 0 Å². The summed E-state index contributed by atoms with van der Waals surface area (Å²) in [6.07, 6.45) is 0. The largest absolute Gasteiger partial charge is 0.204 e. The molecular weight excluding hydrogens is 540 g/mol. The molecule has 196 valence electrons. The van der Waals surface area contributed by atoms with Crippen LogP contribution in [-0.2, 0) is 0 Å². The van der Waals surface area contributed by atoms with Crippen molar-refractivity contribution in [2.24, 2.45) is 0 Å². The van der Waals surface area contributed by atoms with Crippen molar-refractivity contribution in [3.8, 4) is 46.5 Å². The predicted octanol–water partition coefficient (Wildman–Crippen LogP) is 8.12. The number of allylic oxidation sites excluding steroid dienone is 6. The van der Waals surface area contributed by atoms with Crippen LogP contribution in [-0.4, -0.2) is 0 Å². The molecule has 0 saturated carbocycles. The fraction of sp³-hybridized carbons (Fsp3) is 0. The molecule has 0 N–H and O–H groups in total. The summed E-state index contributed by atoms with van der Waals surface area (Å²) >= 11 is 0. The van der Waals surface area contributed by atoms with E-state index in [1.165, 1.54) is 12.1 Å². The second kappa shape index (κ2) is 9.76. The molecule has 0 amide bonds. The van der Waals surface area contributed by atoms with E-state index in [0.717, 1.165) is 24.3 Å². The highest BCUT2D eigenvalue weighted by molar-refractivity contribution is 6.39. The summed E-state index contributed by atoms with van der Waals surface area (Å²) in [5.41, 5.74) is 3.61. The minimum atomic E-state index is -1.09. The molecule has 2 aliphatic rings. The van der Waals surface area contributed by atoms with Gasteiger partial charge >= 0.3 is 0 Å². The van der Waals surface area contributed by atoms with Crippen LogP contribution in [0.5, 0.6) is 0 Å². The number of nitriles is 4. The molecule has 4 aromatic carbocycles. The van der Waals surface area contributed by atoms with Crippen LogP contribution in [0.25, 0.3) is 44.5 Å². The number of nitrogens with zero attached hydrogens (tertiary/aromatic N) is 4. The van der Waals surface area contributed by atoms with Crippen LogP contribution in [0.4, 0.5) is 17.6 Å². The molecule has 0 bridgehead atoms. The van der Waals surface area contributed by atoms with Gasteiger partial charge in [-0.05, 0) is 57.6 Å². The Kier molecular flexibility index (Phi) is 6.05. The fourth-order valence-corrected chi connectivity index (χ4v) is 5.68. The van der Waals surface area contributed by atoms with Crippen molar-refractivity contribution >= 4 is 22.3 Å². The summed E-state index contributed by atoms with van der Waals surface area (Å²) in [5, 5.41) is 40.1. The summed E-state index contributed by atoms with van der Waals surface area (Å²) in [4.78, 5) is 0. The number of hydrogen-bond donors (Lipinski definition) is 0. The van der Waals surface area contributed by atoms with Crippen LogP contribution >= 0.6 is 0 Å². The van der Waals surface area contributed by atoms with E-state index >= 15 is 0 Å². The van der Waals surface area contributed by atoms with Gasteiger partial charge in [0.2, 0.25) is 0 Å². The number of rotatable bonds is 2. The van der Waals surface area contributed by atoms with Crippen LogP contribution in [0.3, 0.4) is 0 Å². The standard InChI is InChI=1S/C34H12F4N4/c35-25-9-7-17(11-27(25)37)21-3-1-5-23-31(21)29(19(13-39)14-40)34-24-6-2-4-22(18-8-10-26(36)28(38)12-18)32(24)30(33(23)34)20(15-41)16-42/h1-12H. The van der Waals surface area contributed by atoms with Gasteiger partial charge in [-0.2, -0.15) is 21.0 Å². The summed E-state index contributed by atoms with van der Waals surface area (Å²) < 4.78 is 56.3. The molecule has 0 saturated heterocycles. The molecular formula is C34H12F4N4. The Hall–Kier alpha value is -6.22. The molecule has 0 unspecified atom stereocenters. The van der Waals surface area contributed by atoms with Gasteiger partial charge in [-0.25, -0.2) is 17.6 Å². The molecule has 0 radical (unpaired) electrons. The topological polar surface area (TPSA) is 95.2 Å². The third-order valence-electron chi connectivity index (χ3n) is 7.33. The van der Waals surface area contributed by atoms with E-state index in [-0.39, 0.29) is 33.4 Å². The molecule has 2 aliphatic carbocycles. The van der Waals surface area contributed by atoms with Gasteiger partial charge in [0, 0.05) is 33.4 Å². The minimum Gasteiger partial charge on any atom is -0.204 e. The Morgan fingerprint density at radius 1 is 0.452 bits per heavy atom. The first-order valence-corrected chi connectivity index (χ1v) is 12.4. The van der Waals surface area contributed by atoms with E-state index in [4.69, 9.17) is 0 Å². The highest BCUT2D eigenvalue weighted by Crippen LogP contribution is 2.61. The first-order chi connectivity index (χ1) is 20.3. The van der Waals surface area contributed by atoms with Gasteiger partial charge in [-0.3, -0.25) is 0 Å². The van der Waals surface area contributed by atoms with Crippen molar-refractivity contribution in [3.63, 3.8) is 0 Å². The summed E-state index contributed by atoms with van der Waals surface area (Å²) in [5.74, 6) is -4.27. The number of hydrogen-bond acceptors (Lipinski definition) is 4. The van der Waals surface area contributed by atoms with Gasteiger partial charge in [0.25, 0.3) is 0 Å². The van der Waals surface area contributed by atoms with Gasteiger partial charge in [0.15, 0.2) is 23.3 Å². The van der Waals surface area contributed by atoms with Crippen LogP contribution in [0.1, 0.15) is 22.3 Å². The maximum Gasteiger partial charge on any atom is 0.159 e. The zero-order valence-electron chi connectivity index (χ0n) is 21.2. The Labute approximate surface area is 236 Å². The SMILES string of the molecule is N#CC(C#N)=C1C2=C(C(=C(C#N)C#N)c3c2cccc3-c2ccc(F)c(F)c2)c2cccc(-c3ccc(F)c(F)c3)c21. The summed E-state index contributed by atoms with van der Waals surface area (Å²) in [6.45, 7) is 0. The summed E-state index contributed by atoms with van der Waals surface area (Å²) in [6, 6.07) is 24.3. The number of benzene rings is 4. The number of fused-ring (bicyclic) bond motifs is 4. The Morgan fingerprint density at radius 2 is 0.810 bits per heavy atom. The smallest absolute Gasteiger partial charge is 0.159 e. The molecule has 0 spiro atoms. The third kappa shape index (κ3) is 3.65. The first-order valence-electron chi connectivity index (χ1n) is 12.4. The quantitative estimate of drug-likeness (QED) is 0.185. The molecule has 8 heteroatoms. The molecule has 0 atom stereocenters. The second-order valence-electron chi connectivity index (χ2n) is 9.41. The highest BCUT2D eigenvalue weighted by atomic mass is 19.2. The zero-order valence-corrected chi connectivity index (χ0v) is 21.2. The average Bonchev–Trinajstić information content (AvgIpc) is 3.51. The van der Waals surface area contributed by atoms with Crippen molar-refractivity contribution in [2.45, 2.75) is 0 Å². The van der Waals surface area contributed by atoms with Gasteiger partial charge in [0.1, 0.15) is 35.4 Å². The molecule has 0 fully saturated rings. The third-order valence-corrected chi connectivity index (χ3v) is 7.33. The van der Waals surface area contributed by atoms with Gasteiger partial charge in [-0.15, -0.1) is 0 Å². The maximum atomic E-state index is 14.3. The lowest BCUT2D eigenvalue weighted by molar-refractivity contribution is 0.509. The van der Waals surface area contributed by atoms with Crippen LogP contribution < -0.4 is 0 Å². The van der Waals surface area contributed by atoms with E-state index in [1.807, 2.05) is 24.3 Å². The Morgan fingerprint density at radius 3 is 1.14 bits per heavy atom. The summed E-state index contributed by atoms with van der Waals surface area (Å²) in [7, 11) is 0. The Balaban J connectivity index is 1.75. The molecule has 0 aromatic heterocycles. The first kappa shape index (κ1) is 26.0. The average molecular weight is 552 g/mol. The van der Waals surface area contributed by atoms with E-state index < -0.39 is 23.3 Å². The lowest BCUT2D eigenvalue weighted by Gasteiger charge is -2.18. The van der Waals surface area contributed by atoms with Crippen LogP contribution in [0, 0.1) is 68.6 Å². The van der Waals surface area contributed by atoms with Gasteiger partial charge < -0.3 is 0 Å². The van der Waals surface area contributed by atoms with Crippen molar-refractivity contribution in [3.05, 3.63) is 129 Å². The molecule has 4 nitrogen and oxygen atoms in total. The van der Waals surface area contributed by atoms with Crippen molar-refractivity contribution in [1.29, 1.82) is 21.0 Å². The van der Waals surface area contributed by atoms with E-state index in [0.29, 0.717) is 44.5 Å². The molecule has 6 rings (SSSR count). The number of halogens is 4. The van der Waals surface area contributed by atoms with E-state index in [1.54, 1.807) is 36.4 Å². The van der Waals surface area contributed by atoms with Crippen LogP contribution in [0.15, 0.2) is 83.9 Å². The van der Waals surface area contributed by atoms with Crippen molar-refractivity contribution in [2.75, 3.05) is 0 Å². The normalized spacial score (nSPS) is 12.5. The monoisotopic (exact) mass is 552 g/mol. The Bertz CT molecular complexity index is 1990. The van der Waals surface area contributed by atoms with Gasteiger partial charge in [0.05, 0.1) is 0 Å². The highest BCUT2D eigenvalue weighted by Gasteiger charge is 2.42. The maximum absolute atomic E-state index is 14.3. The predicted molar refractivity (Wildman–Crippen MR) is 147 cm³/mol. The lowest BCUT2D eigenvalue weighted by atomic mass is 9.83. The lowest BCUT2D eigenvalue weighted by Crippen LogP contribution is -2.00. The fourth-order valence-electron chi connectivity index (χ4n) is 5.68. The minimum absolute atomic E-state index is 0.194. The van der Waals surface area contributed by atoms with E-state index in [2.05, 4.69) is 0 Å². The molecule has 0 aliphatic heterocycles. The van der Waals surface area contributed by atoms with E-state index in [9.17, 15) is 38.6 Å². The molecule has 0 heterocycles. The second-order valence-corrected chi connectivity index (χ2v) is 9.41. The zero-order chi connectivity index (χ0) is 29.7. The van der Waals surface area contributed by atoms with Crippen LogP contribution in [0.2, 0.25) is 0 Å². The molecule has 42 heavy (non-hydrogen) atoms. The van der Waals surface area contributed by atoms with Crippen molar-refractivity contribution < 1.29 is 17.6 Å². The molecule has 4 aromatic rings. The van der Waals surface area contributed by atoms with Gasteiger partial charge in [-0.1, -0.05) is 48.5 Å².